The smallest absolute Gasteiger partial charge is 0.191 e. The van der Waals surface area contributed by atoms with Gasteiger partial charge in [0, 0.05) is 25.7 Å². The van der Waals surface area contributed by atoms with Gasteiger partial charge in [0.05, 0.1) is 0 Å². The minimum atomic E-state index is 0. The molecule has 0 aromatic heterocycles. The minimum Gasteiger partial charge on any atom is -0.356 e. The van der Waals surface area contributed by atoms with E-state index in [1.54, 1.807) is 0 Å². The van der Waals surface area contributed by atoms with E-state index in [2.05, 4.69) is 48.2 Å². The van der Waals surface area contributed by atoms with Gasteiger partial charge in [-0.1, -0.05) is 27.7 Å². The molecule has 1 atom stereocenters. The summed E-state index contributed by atoms with van der Waals surface area (Å²) in [6.45, 7) is 14.3. The van der Waals surface area contributed by atoms with Crippen LogP contribution in [-0.4, -0.2) is 49.6 Å². The van der Waals surface area contributed by atoms with E-state index < -0.39 is 0 Å². The quantitative estimate of drug-likeness (QED) is 0.664. The van der Waals surface area contributed by atoms with Crippen molar-refractivity contribution in [3.05, 3.63) is 0 Å². The topological polar surface area (TPSA) is 39.7 Å². The van der Waals surface area contributed by atoms with Crippen LogP contribution < -0.4 is 10.6 Å². The number of rotatable bonds is 7. The van der Waals surface area contributed by atoms with Gasteiger partial charge < -0.3 is 10.6 Å². The van der Waals surface area contributed by atoms with E-state index >= 15 is 0 Å². The Morgan fingerprint density at radius 1 is 1.32 bits per heavy atom. The molecule has 1 aliphatic heterocycles. The normalized spacial score (nSPS) is 16.6. The first kappa shape index (κ1) is 19.0. The molecule has 0 radical (unpaired) electrons. The van der Waals surface area contributed by atoms with Crippen LogP contribution in [0.5, 0.6) is 0 Å². The molecule has 4 nitrogen and oxygen atoms in total. The third-order valence-corrected chi connectivity index (χ3v) is 3.47. The molecule has 1 heterocycles. The van der Waals surface area contributed by atoms with E-state index in [0.717, 1.165) is 51.0 Å². The largest absolute Gasteiger partial charge is 0.356 e. The molecule has 1 aliphatic rings. The van der Waals surface area contributed by atoms with Crippen LogP contribution in [-0.2, 0) is 0 Å². The van der Waals surface area contributed by atoms with Crippen molar-refractivity contribution in [1.82, 2.24) is 15.5 Å². The molecule has 2 N–H and O–H groups in total. The maximum Gasteiger partial charge on any atom is 0.191 e. The number of aliphatic imine (C=N–C) groups is 1. The van der Waals surface area contributed by atoms with Crippen LogP contribution in [0.3, 0.4) is 0 Å². The monoisotopic (exact) mass is 382 g/mol. The fraction of sp³-hybridized carbons (Fsp3) is 0.929. The van der Waals surface area contributed by atoms with Gasteiger partial charge in [0.25, 0.3) is 0 Å². The second kappa shape index (κ2) is 10.7. The van der Waals surface area contributed by atoms with Crippen LogP contribution in [0.2, 0.25) is 0 Å². The van der Waals surface area contributed by atoms with E-state index in [0.29, 0.717) is 6.04 Å². The summed E-state index contributed by atoms with van der Waals surface area (Å²) < 4.78 is 0. The van der Waals surface area contributed by atoms with Crippen LogP contribution in [0.25, 0.3) is 0 Å². The van der Waals surface area contributed by atoms with E-state index in [-0.39, 0.29) is 24.0 Å². The van der Waals surface area contributed by atoms with Crippen molar-refractivity contribution in [1.29, 1.82) is 0 Å². The zero-order valence-electron chi connectivity index (χ0n) is 12.9. The summed E-state index contributed by atoms with van der Waals surface area (Å²) in [6, 6.07) is 0.603. The molecule has 114 valence electrons. The summed E-state index contributed by atoms with van der Waals surface area (Å²) in [5.41, 5.74) is 0. The molecule has 19 heavy (non-hydrogen) atoms. The second-order valence-electron chi connectivity index (χ2n) is 5.40. The van der Waals surface area contributed by atoms with E-state index in [4.69, 9.17) is 0 Å². The van der Waals surface area contributed by atoms with Gasteiger partial charge in [-0.25, -0.2) is 0 Å². The third-order valence-electron chi connectivity index (χ3n) is 3.47. The maximum atomic E-state index is 4.47. The average Bonchev–Trinajstić information content (AvgIpc) is 2.38. The zero-order valence-corrected chi connectivity index (χ0v) is 15.2. The highest BCUT2D eigenvalue weighted by molar-refractivity contribution is 14.0. The van der Waals surface area contributed by atoms with Gasteiger partial charge in [0.1, 0.15) is 0 Å². The average molecular weight is 382 g/mol. The van der Waals surface area contributed by atoms with Crippen molar-refractivity contribution in [2.75, 3.05) is 32.7 Å². The molecular formula is C14H31IN4. The summed E-state index contributed by atoms with van der Waals surface area (Å²) >= 11 is 0. The molecule has 0 saturated carbocycles. The zero-order chi connectivity index (χ0) is 13.4. The highest BCUT2D eigenvalue weighted by atomic mass is 127. The number of hydrogen-bond acceptors (Lipinski definition) is 4. The van der Waals surface area contributed by atoms with Crippen LogP contribution in [0, 0.1) is 5.92 Å². The Hall–Kier alpha value is -0.0400. The molecule has 0 aliphatic carbocycles. The van der Waals surface area contributed by atoms with Crippen LogP contribution in [0.4, 0.5) is 0 Å². The van der Waals surface area contributed by atoms with Gasteiger partial charge in [0.15, 0.2) is 5.96 Å². The summed E-state index contributed by atoms with van der Waals surface area (Å²) in [4.78, 5) is 7.01. The highest BCUT2D eigenvalue weighted by Gasteiger charge is 2.17. The first-order valence-electron chi connectivity index (χ1n) is 7.43. The Kier molecular flexibility index (Phi) is 10.7. The summed E-state index contributed by atoms with van der Waals surface area (Å²) in [5, 5.41) is 6.80. The van der Waals surface area contributed by atoms with E-state index in [1.807, 2.05) is 0 Å². The Balaban J connectivity index is 0.00000324. The number of halogens is 1. The van der Waals surface area contributed by atoms with Gasteiger partial charge >= 0.3 is 0 Å². The molecule has 0 spiro atoms. The van der Waals surface area contributed by atoms with Crippen LogP contribution >= 0.6 is 24.0 Å². The molecule has 0 fully saturated rings. The van der Waals surface area contributed by atoms with Crippen molar-refractivity contribution >= 4 is 29.9 Å². The van der Waals surface area contributed by atoms with Gasteiger partial charge in [-0.2, -0.15) is 0 Å². The van der Waals surface area contributed by atoms with E-state index in [1.165, 1.54) is 6.42 Å². The van der Waals surface area contributed by atoms with Gasteiger partial charge in [0.2, 0.25) is 0 Å². The predicted molar refractivity (Wildman–Crippen MR) is 94.5 cm³/mol. The third kappa shape index (κ3) is 7.34. The Bertz CT molecular complexity index is 252. The summed E-state index contributed by atoms with van der Waals surface area (Å²) in [6.07, 6.45) is 2.39. The highest BCUT2D eigenvalue weighted by Crippen LogP contribution is 2.10. The Labute approximate surface area is 135 Å². The number of nitrogens with zero attached hydrogens (tertiary/aromatic N) is 2. The number of likely N-dealkylation sites (N-methyl/N-ethyl adjacent to an activating group) is 1. The fourth-order valence-corrected chi connectivity index (χ4v) is 2.51. The summed E-state index contributed by atoms with van der Waals surface area (Å²) in [7, 11) is 0. The van der Waals surface area contributed by atoms with Crippen molar-refractivity contribution in [2.24, 2.45) is 10.9 Å². The lowest BCUT2D eigenvalue weighted by atomic mass is 10.0. The molecule has 0 saturated heterocycles. The molecule has 0 amide bonds. The Morgan fingerprint density at radius 3 is 2.47 bits per heavy atom. The molecule has 0 aromatic carbocycles. The first-order chi connectivity index (χ1) is 8.67. The number of guanidine groups is 1. The lowest BCUT2D eigenvalue weighted by molar-refractivity contribution is 0.191. The fourth-order valence-electron chi connectivity index (χ4n) is 2.51. The lowest BCUT2D eigenvalue weighted by Crippen LogP contribution is -2.48. The minimum absolute atomic E-state index is 0. The first-order valence-corrected chi connectivity index (χ1v) is 7.43. The van der Waals surface area contributed by atoms with Gasteiger partial charge in [-0.15, -0.1) is 24.0 Å². The molecule has 5 heteroatoms. The maximum absolute atomic E-state index is 4.47. The van der Waals surface area contributed by atoms with Crippen molar-refractivity contribution in [2.45, 2.75) is 46.6 Å². The molecule has 1 unspecified atom stereocenters. The van der Waals surface area contributed by atoms with Crippen LogP contribution in [0.15, 0.2) is 4.99 Å². The lowest BCUT2D eigenvalue weighted by Gasteiger charge is -2.32. The van der Waals surface area contributed by atoms with Gasteiger partial charge in [-0.3, -0.25) is 9.89 Å². The SMILES string of the molecule is CCN(CC)C(CNC1=NCCCN1)CC(C)C.I. The van der Waals surface area contributed by atoms with E-state index in [9.17, 15) is 0 Å². The van der Waals surface area contributed by atoms with Gasteiger partial charge in [-0.05, 0) is 31.8 Å². The molecule has 0 bridgehead atoms. The molecule has 0 aromatic rings. The van der Waals surface area contributed by atoms with Crippen molar-refractivity contribution in [3.8, 4) is 0 Å². The number of nitrogens with one attached hydrogen (secondary N) is 2. The summed E-state index contributed by atoms with van der Waals surface area (Å²) in [5.74, 6) is 1.72. The predicted octanol–water partition coefficient (Wildman–Crippen LogP) is 2.30. The standard InChI is InChI=1S/C14H30N4.HI/c1-5-18(6-2)13(10-12(3)4)11-17-14-15-8-7-9-16-14;/h12-13H,5-11H2,1-4H3,(H2,15,16,17);1H. The second-order valence-corrected chi connectivity index (χ2v) is 5.40. The Morgan fingerprint density at radius 2 is 2.00 bits per heavy atom. The van der Waals surface area contributed by atoms with Crippen molar-refractivity contribution < 1.29 is 0 Å². The van der Waals surface area contributed by atoms with Crippen molar-refractivity contribution in [3.63, 3.8) is 0 Å². The molecule has 1 rings (SSSR count). The number of hydrogen-bond donors (Lipinski definition) is 2. The molecular weight excluding hydrogens is 351 g/mol. The van der Waals surface area contributed by atoms with Crippen LogP contribution in [0.1, 0.15) is 40.5 Å².